The van der Waals surface area contributed by atoms with Crippen molar-refractivity contribution in [3.8, 4) is 0 Å². The van der Waals surface area contributed by atoms with E-state index in [1.54, 1.807) is 0 Å². The molecule has 0 bridgehead atoms. The molecule has 0 fully saturated rings. The standard InChI is InChI=1S/B.H4N2.H2O4S/c;1-2;1-5(2,3)4/h;1-2H2;(H2,1,2,3,4)/q-1;;. The van der Waals surface area contributed by atoms with E-state index in [0.717, 1.165) is 0 Å². The zero-order valence-corrected chi connectivity index (χ0v) is 4.67. The van der Waals surface area contributed by atoms with Gasteiger partial charge >= 0.3 is 10.4 Å². The number of nitrogens with two attached hydrogens (primary N) is 2. The van der Waals surface area contributed by atoms with Crippen molar-refractivity contribution in [3.05, 3.63) is 0 Å². The maximum absolute atomic E-state index is 8.74. The van der Waals surface area contributed by atoms with Gasteiger partial charge in [-0.25, -0.2) is 0 Å². The Labute approximate surface area is 49.0 Å². The van der Waals surface area contributed by atoms with Gasteiger partial charge in [0.05, 0.1) is 0 Å². The molecule has 0 atom stereocenters. The second-order valence-electron chi connectivity index (χ2n) is 0.448. The quantitative estimate of drug-likeness (QED) is 0.131. The van der Waals surface area contributed by atoms with Gasteiger partial charge in [-0.05, 0) is 0 Å². The van der Waals surface area contributed by atoms with Crippen molar-refractivity contribution in [3.63, 3.8) is 0 Å². The minimum absolute atomic E-state index is 0. The summed E-state index contributed by atoms with van der Waals surface area (Å²) in [7, 11) is -4.67. The zero-order valence-electron chi connectivity index (χ0n) is 3.85. The van der Waals surface area contributed by atoms with E-state index in [1.807, 2.05) is 0 Å². The Hall–Kier alpha value is -0.145. The summed E-state index contributed by atoms with van der Waals surface area (Å²) in [6.07, 6.45) is 0. The van der Waals surface area contributed by atoms with Crippen LogP contribution >= 0.6 is 0 Å². The Morgan fingerprint density at radius 1 is 1.12 bits per heavy atom. The summed E-state index contributed by atoms with van der Waals surface area (Å²) < 4.78 is 31.6. The van der Waals surface area contributed by atoms with Gasteiger partial charge in [-0.3, -0.25) is 20.8 Å². The predicted octanol–water partition coefficient (Wildman–Crippen LogP) is -2.21. The molecule has 0 aliphatic carbocycles. The SMILES string of the molecule is NN.O=S(=O)(O)O.[B-]. The van der Waals surface area contributed by atoms with Gasteiger partial charge in [-0.1, -0.05) is 0 Å². The lowest BCUT2D eigenvalue weighted by molar-refractivity contribution is 0.381. The molecule has 0 aliphatic rings. The van der Waals surface area contributed by atoms with Gasteiger partial charge in [-0.15, -0.1) is 0 Å². The monoisotopic (exact) mass is 141 g/mol. The molecule has 0 aromatic heterocycles. The van der Waals surface area contributed by atoms with Gasteiger partial charge < -0.3 is 8.41 Å². The lowest BCUT2D eigenvalue weighted by Gasteiger charge is -1.68. The fourth-order valence-corrected chi connectivity index (χ4v) is 0. The fourth-order valence-electron chi connectivity index (χ4n) is 0. The molecule has 0 aromatic carbocycles. The summed E-state index contributed by atoms with van der Waals surface area (Å²) in [5.74, 6) is 8.00. The average Bonchev–Trinajstić information content (AvgIpc) is 1.36. The van der Waals surface area contributed by atoms with Crippen LogP contribution in [0.1, 0.15) is 0 Å². The highest BCUT2D eigenvalue weighted by Crippen LogP contribution is 1.59. The number of hydrogen-bond donors (Lipinski definition) is 4. The van der Waals surface area contributed by atoms with Gasteiger partial charge in [0.15, 0.2) is 0 Å². The van der Waals surface area contributed by atoms with Crippen LogP contribution in [0.2, 0.25) is 0 Å². The molecule has 0 saturated carbocycles. The van der Waals surface area contributed by atoms with Crippen LogP contribution < -0.4 is 11.7 Å². The molecule has 0 amide bonds. The molecule has 4 radical (unpaired) electrons. The minimum Gasteiger partial charge on any atom is -1.00 e. The first kappa shape index (κ1) is 15.7. The summed E-state index contributed by atoms with van der Waals surface area (Å²) in [6.45, 7) is 0. The van der Waals surface area contributed by atoms with Crippen molar-refractivity contribution in [1.29, 1.82) is 0 Å². The molecule has 6 N–H and O–H groups in total. The van der Waals surface area contributed by atoms with Crippen LogP contribution in [0.4, 0.5) is 0 Å². The molecule has 50 valence electrons. The predicted molar refractivity (Wildman–Crippen MR) is 28.3 cm³/mol. The molecule has 0 aliphatic heterocycles. The maximum Gasteiger partial charge on any atom is 0.394 e. The Morgan fingerprint density at radius 3 is 1.12 bits per heavy atom. The Kier molecular flexibility index (Phi) is 13.4. The molecule has 6 nitrogen and oxygen atoms in total. The Balaban J connectivity index is -0.0000000750. The van der Waals surface area contributed by atoms with Gasteiger partial charge in [-0.2, -0.15) is 8.42 Å². The number of rotatable bonds is 0. The van der Waals surface area contributed by atoms with Gasteiger partial charge in [0, 0.05) is 0 Å². The Bertz CT molecular complexity index is 97.2. The lowest BCUT2D eigenvalue weighted by Crippen LogP contribution is -2.02. The number of hydrogen-bond acceptors (Lipinski definition) is 4. The highest BCUT2D eigenvalue weighted by molar-refractivity contribution is 7.79. The topological polar surface area (TPSA) is 127 Å². The molecule has 0 unspecified atom stereocenters. The zero-order chi connectivity index (χ0) is 6.50. The largest absolute Gasteiger partial charge is 1.00 e. The molecular formula is H6BN2O4S-. The summed E-state index contributed by atoms with van der Waals surface area (Å²) in [5, 5.41) is 0. The van der Waals surface area contributed by atoms with Crippen LogP contribution in [-0.2, 0) is 10.4 Å². The van der Waals surface area contributed by atoms with Crippen molar-refractivity contribution in [2.75, 3.05) is 0 Å². The minimum atomic E-state index is -4.67. The maximum atomic E-state index is 8.74. The van der Waals surface area contributed by atoms with Crippen LogP contribution in [0.25, 0.3) is 0 Å². The fraction of sp³-hybridized carbons (Fsp3) is 0. The number of hydrazine groups is 1. The highest BCUT2D eigenvalue weighted by Gasteiger charge is 1.84. The molecule has 8 heavy (non-hydrogen) atoms. The summed E-state index contributed by atoms with van der Waals surface area (Å²) in [6, 6.07) is 0. The third-order valence-corrected chi connectivity index (χ3v) is 0. The van der Waals surface area contributed by atoms with Crippen molar-refractivity contribution in [1.82, 2.24) is 0 Å². The molecule has 0 heterocycles. The van der Waals surface area contributed by atoms with Gasteiger partial charge in [0.1, 0.15) is 0 Å². The van der Waals surface area contributed by atoms with E-state index < -0.39 is 10.4 Å². The molecule has 0 rings (SSSR count). The van der Waals surface area contributed by atoms with Crippen LogP contribution in [-0.4, -0.2) is 25.9 Å². The van der Waals surface area contributed by atoms with E-state index >= 15 is 0 Å². The summed E-state index contributed by atoms with van der Waals surface area (Å²) >= 11 is 0. The van der Waals surface area contributed by atoms with E-state index in [2.05, 4.69) is 11.7 Å². The Morgan fingerprint density at radius 2 is 1.12 bits per heavy atom. The highest BCUT2D eigenvalue weighted by atomic mass is 32.3. The van der Waals surface area contributed by atoms with E-state index in [4.69, 9.17) is 17.5 Å². The molecule has 8 heteroatoms. The van der Waals surface area contributed by atoms with E-state index in [9.17, 15) is 0 Å². The molecular weight excluding hydrogens is 135 g/mol. The first-order chi connectivity index (χ1) is 3.00. The summed E-state index contributed by atoms with van der Waals surface area (Å²) in [4.78, 5) is 0. The van der Waals surface area contributed by atoms with Crippen molar-refractivity contribution in [2.45, 2.75) is 0 Å². The third-order valence-electron chi connectivity index (χ3n) is 0. The molecule has 0 spiro atoms. The van der Waals surface area contributed by atoms with E-state index in [1.165, 1.54) is 0 Å². The smallest absolute Gasteiger partial charge is 0.394 e. The van der Waals surface area contributed by atoms with Crippen LogP contribution in [0.3, 0.4) is 0 Å². The normalized spacial score (nSPS) is 8.00. The molecule has 0 aromatic rings. The first-order valence-electron chi connectivity index (χ1n) is 1.03. The van der Waals surface area contributed by atoms with Crippen LogP contribution in [0.15, 0.2) is 0 Å². The second kappa shape index (κ2) is 6.85. The van der Waals surface area contributed by atoms with Crippen molar-refractivity contribution < 1.29 is 17.5 Å². The van der Waals surface area contributed by atoms with Crippen LogP contribution in [0, 0.1) is 0 Å². The van der Waals surface area contributed by atoms with E-state index in [-0.39, 0.29) is 8.41 Å². The van der Waals surface area contributed by atoms with E-state index in [0.29, 0.717) is 0 Å². The van der Waals surface area contributed by atoms with Gasteiger partial charge in [0.25, 0.3) is 0 Å². The van der Waals surface area contributed by atoms with Crippen LogP contribution in [0.5, 0.6) is 0 Å². The first-order valence-corrected chi connectivity index (χ1v) is 2.43. The lowest BCUT2D eigenvalue weighted by atomic mass is 10.8. The average molecular weight is 141 g/mol. The summed E-state index contributed by atoms with van der Waals surface area (Å²) in [5.41, 5.74) is 0. The third kappa shape index (κ3) is 6560. The van der Waals surface area contributed by atoms with Crippen molar-refractivity contribution >= 4 is 18.8 Å². The molecule has 0 saturated heterocycles. The second-order valence-corrected chi connectivity index (χ2v) is 1.34. The van der Waals surface area contributed by atoms with Crippen molar-refractivity contribution in [2.24, 2.45) is 11.7 Å². The van der Waals surface area contributed by atoms with Gasteiger partial charge in [0.2, 0.25) is 0 Å².